The Morgan fingerprint density at radius 1 is 0.808 bits per heavy atom. The van der Waals surface area contributed by atoms with Crippen molar-refractivity contribution < 1.29 is 25.8 Å². The normalized spacial score (nSPS) is 12.0. The van der Waals surface area contributed by atoms with E-state index in [1.165, 1.54) is 6.20 Å². The summed E-state index contributed by atoms with van der Waals surface area (Å²) in [4.78, 5) is 7.52. The third kappa shape index (κ3) is 3.67. The van der Waals surface area contributed by atoms with Crippen LogP contribution in [0, 0.1) is 0 Å². The molecule has 0 aliphatic carbocycles. The lowest BCUT2D eigenvalue weighted by molar-refractivity contribution is -0.0501. The molecule has 0 saturated carbocycles. The number of hydrogen-bond donors (Lipinski definition) is 0. The Morgan fingerprint density at radius 3 is 2.12 bits per heavy atom. The van der Waals surface area contributed by atoms with Gasteiger partial charge in [-0.1, -0.05) is 48.5 Å². The Bertz CT molecular complexity index is 1020. The minimum Gasteiger partial charge on any atom is -0.353 e. The average molecular weight is 380 g/mol. The Balaban J connectivity index is 2.04. The molecule has 26 heavy (non-hydrogen) atoms. The van der Waals surface area contributed by atoms with Crippen molar-refractivity contribution in [2.45, 2.75) is 5.51 Å². The predicted octanol–water partition coefficient (Wildman–Crippen LogP) is 4.04. The first-order chi connectivity index (χ1) is 12.3. The van der Waals surface area contributed by atoms with Gasteiger partial charge in [-0.15, -0.1) is 0 Å². The van der Waals surface area contributed by atoms with E-state index < -0.39 is 21.5 Å². The molecule has 0 atom stereocenters. The predicted molar refractivity (Wildman–Crippen MR) is 88.5 cm³/mol. The highest BCUT2D eigenvalue weighted by atomic mass is 32.2. The van der Waals surface area contributed by atoms with E-state index in [4.69, 9.17) is 0 Å². The van der Waals surface area contributed by atoms with Gasteiger partial charge < -0.3 is 4.18 Å². The average Bonchev–Trinajstić information content (AvgIpc) is 2.62. The maximum Gasteiger partial charge on any atom is 0.534 e. The highest BCUT2D eigenvalue weighted by molar-refractivity contribution is 7.88. The Kier molecular flexibility index (Phi) is 4.64. The number of benzene rings is 2. The topological polar surface area (TPSA) is 69.2 Å². The van der Waals surface area contributed by atoms with Gasteiger partial charge in [-0.2, -0.15) is 21.6 Å². The molecule has 0 spiro atoms. The molecular weight excluding hydrogens is 369 g/mol. The molecule has 0 N–H and O–H groups in total. The maximum absolute atomic E-state index is 12.6. The van der Waals surface area contributed by atoms with Crippen molar-refractivity contribution in [3.05, 3.63) is 67.0 Å². The van der Waals surface area contributed by atoms with Gasteiger partial charge in [0.05, 0.1) is 0 Å². The van der Waals surface area contributed by atoms with Crippen LogP contribution in [0.25, 0.3) is 22.4 Å². The molecule has 0 aliphatic heterocycles. The van der Waals surface area contributed by atoms with E-state index >= 15 is 0 Å². The van der Waals surface area contributed by atoms with Gasteiger partial charge in [-0.25, -0.2) is 9.97 Å². The zero-order chi connectivity index (χ0) is 18.8. The van der Waals surface area contributed by atoms with E-state index in [0.717, 1.165) is 17.3 Å². The zero-order valence-electron chi connectivity index (χ0n) is 13.0. The van der Waals surface area contributed by atoms with Crippen molar-refractivity contribution >= 4 is 10.1 Å². The van der Waals surface area contributed by atoms with Crippen molar-refractivity contribution in [3.8, 4) is 28.3 Å². The number of halogens is 3. The zero-order valence-corrected chi connectivity index (χ0v) is 13.8. The molecule has 0 fully saturated rings. The first-order valence-electron chi connectivity index (χ1n) is 7.25. The summed E-state index contributed by atoms with van der Waals surface area (Å²) in [5.74, 6) is -0.741. The van der Waals surface area contributed by atoms with Crippen molar-refractivity contribution in [1.29, 1.82) is 0 Å². The molecule has 1 heterocycles. The summed E-state index contributed by atoms with van der Waals surface area (Å²) in [6.45, 7) is 0. The van der Waals surface area contributed by atoms with Crippen molar-refractivity contribution in [3.63, 3.8) is 0 Å². The van der Waals surface area contributed by atoms with Crippen LogP contribution < -0.4 is 4.18 Å². The maximum atomic E-state index is 12.6. The van der Waals surface area contributed by atoms with Crippen LogP contribution in [0.1, 0.15) is 0 Å². The standard InChI is InChI=1S/C17H11F3N2O3S/c18-17(19,20)26(23,24)25-16-15(21-9-10-22-16)14-8-4-7-13(11-14)12-5-2-1-3-6-12/h1-11H. The summed E-state index contributed by atoms with van der Waals surface area (Å²) in [5, 5.41) is 0. The second kappa shape index (κ2) is 6.75. The lowest BCUT2D eigenvalue weighted by Crippen LogP contribution is -2.28. The number of hydrogen-bond acceptors (Lipinski definition) is 5. The first-order valence-corrected chi connectivity index (χ1v) is 8.66. The SMILES string of the molecule is O=S(=O)(Oc1nccnc1-c1cccc(-c2ccccc2)c1)C(F)(F)F. The number of alkyl halides is 3. The molecule has 2 aromatic carbocycles. The molecule has 134 valence electrons. The molecule has 3 rings (SSSR count). The van der Waals surface area contributed by atoms with Crippen LogP contribution in [-0.4, -0.2) is 23.9 Å². The Morgan fingerprint density at radius 2 is 1.42 bits per heavy atom. The molecule has 0 bridgehead atoms. The van der Waals surface area contributed by atoms with Crippen LogP contribution in [0.5, 0.6) is 5.88 Å². The third-order valence-corrected chi connectivity index (χ3v) is 4.32. The van der Waals surface area contributed by atoms with Gasteiger partial charge in [0.15, 0.2) is 0 Å². The summed E-state index contributed by atoms with van der Waals surface area (Å²) < 4.78 is 64.5. The van der Waals surface area contributed by atoms with Crippen LogP contribution in [-0.2, 0) is 10.1 Å². The monoisotopic (exact) mass is 380 g/mol. The lowest BCUT2D eigenvalue weighted by Gasteiger charge is -2.11. The van der Waals surface area contributed by atoms with Crippen molar-refractivity contribution in [2.75, 3.05) is 0 Å². The van der Waals surface area contributed by atoms with E-state index in [9.17, 15) is 21.6 Å². The number of rotatable bonds is 4. The highest BCUT2D eigenvalue weighted by Crippen LogP contribution is 2.33. The van der Waals surface area contributed by atoms with Crippen LogP contribution in [0.3, 0.4) is 0 Å². The molecule has 0 amide bonds. The smallest absolute Gasteiger partial charge is 0.353 e. The molecule has 9 heteroatoms. The van der Waals surface area contributed by atoms with Gasteiger partial charge in [-0.05, 0) is 17.2 Å². The van der Waals surface area contributed by atoms with Crippen LogP contribution >= 0.6 is 0 Å². The fourth-order valence-corrected chi connectivity index (χ4v) is 2.64. The largest absolute Gasteiger partial charge is 0.534 e. The Labute approximate surface area is 147 Å². The molecule has 3 aromatic rings. The van der Waals surface area contributed by atoms with Gasteiger partial charge in [0, 0.05) is 18.0 Å². The minimum atomic E-state index is -5.85. The van der Waals surface area contributed by atoms with Gasteiger partial charge in [-0.3, -0.25) is 0 Å². The fraction of sp³-hybridized carbons (Fsp3) is 0.0588. The molecule has 0 radical (unpaired) electrons. The van der Waals surface area contributed by atoms with Crippen LogP contribution in [0.4, 0.5) is 13.2 Å². The van der Waals surface area contributed by atoms with Gasteiger partial charge in [0.2, 0.25) is 0 Å². The highest BCUT2D eigenvalue weighted by Gasteiger charge is 2.49. The fourth-order valence-electron chi connectivity index (χ4n) is 2.21. The summed E-state index contributed by atoms with van der Waals surface area (Å²) in [7, 11) is -5.85. The second-order valence-electron chi connectivity index (χ2n) is 5.14. The van der Waals surface area contributed by atoms with E-state index in [-0.39, 0.29) is 5.69 Å². The molecule has 0 saturated heterocycles. The molecule has 1 aromatic heterocycles. The molecule has 5 nitrogen and oxygen atoms in total. The Hall–Kier alpha value is -2.94. The number of nitrogens with zero attached hydrogens (tertiary/aromatic N) is 2. The summed E-state index contributed by atoms with van der Waals surface area (Å²) in [6.07, 6.45) is 2.28. The summed E-state index contributed by atoms with van der Waals surface area (Å²) in [6, 6.07) is 16.0. The van der Waals surface area contributed by atoms with E-state index in [2.05, 4.69) is 14.2 Å². The molecule has 0 unspecified atom stereocenters. The molecule has 0 aliphatic rings. The van der Waals surface area contributed by atoms with Crippen LogP contribution in [0.2, 0.25) is 0 Å². The van der Waals surface area contributed by atoms with Crippen molar-refractivity contribution in [1.82, 2.24) is 9.97 Å². The second-order valence-corrected chi connectivity index (χ2v) is 6.68. The lowest BCUT2D eigenvalue weighted by atomic mass is 10.0. The van der Waals surface area contributed by atoms with Crippen LogP contribution in [0.15, 0.2) is 67.0 Å². The summed E-state index contributed by atoms with van der Waals surface area (Å²) in [5.41, 5.74) is -3.65. The van der Waals surface area contributed by atoms with E-state index in [1.807, 2.05) is 36.4 Å². The molecular formula is C17H11F3N2O3S. The summed E-state index contributed by atoms with van der Waals surface area (Å²) >= 11 is 0. The minimum absolute atomic E-state index is 0.113. The third-order valence-electron chi connectivity index (χ3n) is 3.38. The van der Waals surface area contributed by atoms with E-state index in [1.54, 1.807) is 18.2 Å². The van der Waals surface area contributed by atoms with Gasteiger partial charge >= 0.3 is 15.6 Å². The quantitative estimate of drug-likeness (QED) is 0.505. The van der Waals surface area contributed by atoms with Gasteiger partial charge in [0.1, 0.15) is 5.69 Å². The van der Waals surface area contributed by atoms with E-state index in [0.29, 0.717) is 5.56 Å². The first kappa shape index (κ1) is 17.9. The van der Waals surface area contributed by atoms with Gasteiger partial charge in [0.25, 0.3) is 5.88 Å². The van der Waals surface area contributed by atoms with Crippen molar-refractivity contribution in [2.24, 2.45) is 0 Å². The number of aromatic nitrogens is 2.